The van der Waals surface area contributed by atoms with Gasteiger partial charge in [0.25, 0.3) is 0 Å². The van der Waals surface area contributed by atoms with Crippen molar-refractivity contribution in [3.05, 3.63) is 18.6 Å². The molecule has 0 bridgehead atoms. The van der Waals surface area contributed by atoms with Crippen LogP contribution in [0.25, 0.3) is 0 Å². The van der Waals surface area contributed by atoms with Crippen molar-refractivity contribution in [2.24, 2.45) is 0 Å². The summed E-state index contributed by atoms with van der Waals surface area (Å²) >= 11 is 0. The van der Waals surface area contributed by atoms with Gasteiger partial charge >= 0.3 is 6.03 Å². The summed E-state index contributed by atoms with van der Waals surface area (Å²) < 4.78 is 5.75. The van der Waals surface area contributed by atoms with Crippen molar-refractivity contribution in [3.8, 4) is 5.88 Å². The molecule has 0 aromatic carbocycles. The highest BCUT2D eigenvalue weighted by Crippen LogP contribution is 2.15. The summed E-state index contributed by atoms with van der Waals surface area (Å²) in [6, 6.07) is 0.122. The Morgan fingerprint density at radius 1 is 1.53 bits per heavy atom. The lowest BCUT2D eigenvalue weighted by Gasteiger charge is -2.33. The number of carbonyl (C=O) groups excluding carboxylic acids is 1. The number of piperidine rings is 1. The smallest absolute Gasteiger partial charge is 0.317 e. The van der Waals surface area contributed by atoms with Gasteiger partial charge in [0.05, 0.1) is 12.7 Å². The number of rotatable bonds is 3. The number of hydrogen-bond acceptors (Lipinski definition) is 4. The molecule has 104 valence electrons. The fourth-order valence-corrected chi connectivity index (χ4v) is 2.07. The van der Waals surface area contributed by atoms with E-state index in [1.807, 2.05) is 13.8 Å². The Morgan fingerprint density at radius 2 is 2.37 bits per heavy atom. The molecular weight excluding hydrogens is 244 g/mol. The van der Waals surface area contributed by atoms with Gasteiger partial charge in [0.2, 0.25) is 5.88 Å². The lowest BCUT2D eigenvalue weighted by Crippen LogP contribution is -2.50. The van der Waals surface area contributed by atoms with Gasteiger partial charge in [0.1, 0.15) is 6.10 Å². The van der Waals surface area contributed by atoms with E-state index in [2.05, 4.69) is 15.3 Å². The van der Waals surface area contributed by atoms with Crippen LogP contribution in [-0.4, -0.2) is 46.1 Å². The first-order valence-electron chi connectivity index (χ1n) is 6.63. The number of aromatic nitrogens is 2. The van der Waals surface area contributed by atoms with E-state index in [-0.39, 0.29) is 18.2 Å². The van der Waals surface area contributed by atoms with Crippen molar-refractivity contribution in [2.75, 3.05) is 13.1 Å². The lowest BCUT2D eigenvalue weighted by atomic mass is 10.1. The summed E-state index contributed by atoms with van der Waals surface area (Å²) in [4.78, 5) is 21.8. The molecule has 1 saturated heterocycles. The van der Waals surface area contributed by atoms with Crippen LogP contribution in [0.15, 0.2) is 18.6 Å². The van der Waals surface area contributed by atoms with Crippen LogP contribution in [0.2, 0.25) is 0 Å². The zero-order valence-corrected chi connectivity index (χ0v) is 11.4. The van der Waals surface area contributed by atoms with Gasteiger partial charge in [-0.25, -0.2) is 9.78 Å². The molecule has 0 spiro atoms. The van der Waals surface area contributed by atoms with Crippen molar-refractivity contribution < 1.29 is 9.53 Å². The standard InChI is InChI=1S/C13H20N4O2/c1-10(2)16-13(18)17-7-3-4-11(9-17)19-12-8-14-5-6-15-12/h5-6,8,10-11H,3-4,7,9H2,1-2H3,(H,16,18). The third-order valence-corrected chi connectivity index (χ3v) is 2.90. The molecule has 1 N–H and O–H groups in total. The van der Waals surface area contributed by atoms with E-state index in [0.29, 0.717) is 12.4 Å². The van der Waals surface area contributed by atoms with Gasteiger partial charge in [-0.1, -0.05) is 0 Å². The fourth-order valence-electron chi connectivity index (χ4n) is 2.07. The highest BCUT2D eigenvalue weighted by atomic mass is 16.5. The number of ether oxygens (including phenoxy) is 1. The average Bonchev–Trinajstić information content (AvgIpc) is 2.39. The summed E-state index contributed by atoms with van der Waals surface area (Å²) in [5, 5.41) is 2.90. The molecule has 2 rings (SSSR count). The zero-order chi connectivity index (χ0) is 13.7. The van der Waals surface area contributed by atoms with Gasteiger partial charge in [0.15, 0.2) is 0 Å². The van der Waals surface area contributed by atoms with Crippen molar-refractivity contribution in [2.45, 2.75) is 38.8 Å². The van der Waals surface area contributed by atoms with E-state index in [4.69, 9.17) is 4.74 Å². The van der Waals surface area contributed by atoms with Crippen LogP contribution in [0.4, 0.5) is 4.79 Å². The monoisotopic (exact) mass is 264 g/mol. The van der Waals surface area contributed by atoms with E-state index in [1.165, 1.54) is 0 Å². The minimum atomic E-state index is -0.0255. The first kappa shape index (κ1) is 13.6. The number of amides is 2. The molecule has 1 aromatic rings. The Hall–Kier alpha value is -1.85. The predicted molar refractivity (Wildman–Crippen MR) is 70.9 cm³/mol. The highest BCUT2D eigenvalue weighted by molar-refractivity contribution is 5.74. The Labute approximate surface area is 113 Å². The third-order valence-electron chi connectivity index (χ3n) is 2.90. The lowest BCUT2D eigenvalue weighted by molar-refractivity contribution is 0.0968. The molecule has 19 heavy (non-hydrogen) atoms. The molecular formula is C13H20N4O2. The summed E-state index contributed by atoms with van der Waals surface area (Å²) in [5.74, 6) is 0.513. The van der Waals surface area contributed by atoms with Crippen LogP contribution in [0, 0.1) is 0 Å². The van der Waals surface area contributed by atoms with Gasteiger partial charge < -0.3 is 15.0 Å². The second kappa shape index (κ2) is 6.36. The molecule has 1 fully saturated rings. The fraction of sp³-hybridized carbons (Fsp3) is 0.615. The topological polar surface area (TPSA) is 67.4 Å². The zero-order valence-electron chi connectivity index (χ0n) is 11.4. The van der Waals surface area contributed by atoms with E-state index >= 15 is 0 Å². The van der Waals surface area contributed by atoms with E-state index in [1.54, 1.807) is 23.5 Å². The number of nitrogens with one attached hydrogen (secondary N) is 1. The number of urea groups is 1. The SMILES string of the molecule is CC(C)NC(=O)N1CCCC(Oc2cnccn2)C1. The first-order chi connectivity index (χ1) is 9.15. The average molecular weight is 264 g/mol. The minimum Gasteiger partial charge on any atom is -0.471 e. The summed E-state index contributed by atoms with van der Waals surface area (Å²) in [7, 11) is 0. The van der Waals surface area contributed by atoms with E-state index in [9.17, 15) is 4.79 Å². The largest absolute Gasteiger partial charge is 0.471 e. The van der Waals surface area contributed by atoms with Crippen molar-refractivity contribution in [1.29, 1.82) is 0 Å². The normalized spacial score (nSPS) is 19.3. The Kier molecular flexibility index (Phi) is 4.54. The van der Waals surface area contributed by atoms with Gasteiger partial charge in [-0.3, -0.25) is 4.98 Å². The van der Waals surface area contributed by atoms with Gasteiger partial charge in [-0.2, -0.15) is 0 Å². The number of likely N-dealkylation sites (tertiary alicyclic amines) is 1. The van der Waals surface area contributed by atoms with Crippen LogP contribution in [0.3, 0.4) is 0 Å². The second-order valence-electron chi connectivity index (χ2n) is 4.98. The quantitative estimate of drug-likeness (QED) is 0.897. The molecule has 1 unspecified atom stereocenters. The molecule has 0 radical (unpaired) electrons. The number of hydrogen-bond donors (Lipinski definition) is 1. The van der Waals surface area contributed by atoms with Crippen molar-refractivity contribution in [1.82, 2.24) is 20.2 Å². The maximum Gasteiger partial charge on any atom is 0.317 e. The Bertz CT molecular complexity index is 410. The Morgan fingerprint density at radius 3 is 3.05 bits per heavy atom. The van der Waals surface area contributed by atoms with Gasteiger partial charge in [0, 0.05) is 25.0 Å². The molecule has 0 aliphatic carbocycles. The highest BCUT2D eigenvalue weighted by Gasteiger charge is 2.25. The molecule has 1 aliphatic heterocycles. The molecule has 1 aromatic heterocycles. The predicted octanol–water partition coefficient (Wildman–Crippen LogP) is 1.44. The van der Waals surface area contributed by atoms with E-state index < -0.39 is 0 Å². The Balaban J connectivity index is 1.88. The van der Waals surface area contributed by atoms with E-state index in [0.717, 1.165) is 19.4 Å². The van der Waals surface area contributed by atoms with Crippen LogP contribution in [0.5, 0.6) is 5.88 Å². The first-order valence-corrected chi connectivity index (χ1v) is 6.63. The molecule has 2 heterocycles. The molecule has 0 saturated carbocycles. The second-order valence-corrected chi connectivity index (χ2v) is 4.98. The maximum atomic E-state index is 11.9. The van der Waals surface area contributed by atoms with Crippen molar-refractivity contribution in [3.63, 3.8) is 0 Å². The molecule has 1 aliphatic rings. The maximum absolute atomic E-state index is 11.9. The molecule has 6 nitrogen and oxygen atoms in total. The number of carbonyl (C=O) groups is 1. The van der Waals surface area contributed by atoms with Crippen LogP contribution >= 0.6 is 0 Å². The van der Waals surface area contributed by atoms with Gasteiger partial charge in [-0.15, -0.1) is 0 Å². The molecule has 2 amide bonds. The third kappa shape index (κ3) is 4.08. The van der Waals surface area contributed by atoms with Crippen LogP contribution < -0.4 is 10.1 Å². The van der Waals surface area contributed by atoms with Gasteiger partial charge in [-0.05, 0) is 26.7 Å². The summed E-state index contributed by atoms with van der Waals surface area (Å²) in [6.45, 7) is 5.28. The minimum absolute atomic E-state index is 0.0108. The van der Waals surface area contributed by atoms with Crippen LogP contribution in [0.1, 0.15) is 26.7 Å². The number of nitrogens with zero attached hydrogens (tertiary/aromatic N) is 3. The van der Waals surface area contributed by atoms with Crippen LogP contribution in [-0.2, 0) is 0 Å². The van der Waals surface area contributed by atoms with Crippen molar-refractivity contribution >= 4 is 6.03 Å². The summed E-state index contributed by atoms with van der Waals surface area (Å²) in [6.07, 6.45) is 6.66. The molecule has 6 heteroatoms. The summed E-state index contributed by atoms with van der Waals surface area (Å²) in [5.41, 5.74) is 0. The molecule has 1 atom stereocenters.